The van der Waals surface area contributed by atoms with Crippen LogP contribution in [-0.4, -0.2) is 97.1 Å². The number of nitrogens with two attached hydrogens (primary N) is 1. The van der Waals surface area contributed by atoms with Crippen LogP contribution in [-0.2, 0) is 24.4 Å². The fraction of sp³-hybridized carbons (Fsp3) is 0.914. The Morgan fingerprint density at radius 3 is 2.00 bits per heavy atom. The summed E-state index contributed by atoms with van der Waals surface area (Å²) in [5.74, 6) is -2.94. The minimum Gasteiger partial charge on any atom is -0.390 e. The standard InChI is InChI=1S/C35H63F2N5O6S/c1-4-7-15-42(40-34(45)25-11-9-8-10-12-25)23-32(43)31(18-24-16-28(36)22-29(37)17-24)39-33(44)26-19-27(21-30(20-26)49(38,47)48)35(46)41(13-5-2)14-6-3/h24-32,43H,4-23H2,1-3H3,(H,39,44)(H,40,45)(H2,38,47,48). The maximum atomic E-state index is 14.5. The molecule has 0 radical (unpaired) electrons. The van der Waals surface area contributed by atoms with Crippen molar-refractivity contribution in [3.05, 3.63) is 0 Å². The van der Waals surface area contributed by atoms with Crippen molar-refractivity contribution in [1.82, 2.24) is 20.7 Å². The van der Waals surface area contributed by atoms with Crippen molar-refractivity contribution in [1.29, 1.82) is 0 Å². The van der Waals surface area contributed by atoms with Crippen molar-refractivity contribution in [3.63, 3.8) is 0 Å². The second-order valence-electron chi connectivity index (χ2n) is 14.9. The van der Waals surface area contributed by atoms with E-state index in [9.17, 15) is 36.7 Å². The molecule has 0 aliphatic heterocycles. The average Bonchev–Trinajstić information content (AvgIpc) is 3.05. The van der Waals surface area contributed by atoms with E-state index < -0.39 is 63.4 Å². The Bertz CT molecular complexity index is 1140. The van der Waals surface area contributed by atoms with Crippen LogP contribution < -0.4 is 15.9 Å². The first-order chi connectivity index (χ1) is 23.2. The monoisotopic (exact) mass is 719 g/mol. The molecular formula is C35H63F2N5O6S. The van der Waals surface area contributed by atoms with Gasteiger partial charge in [-0.3, -0.25) is 19.8 Å². The first-order valence-electron chi connectivity index (χ1n) is 18.9. The number of carbonyl (C=O) groups is 3. The normalized spacial score (nSPS) is 28.1. The summed E-state index contributed by atoms with van der Waals surface area (Å²) >= 11 is 0. The Balaban J connectivity index is 1.82. The zero-order valence-electron chi connectivity index (χ0n) is 30.0. The molecule has 5 N–H and O–H groups in total. The maximum Gasteiger partial charge on any atom is 0.237 e. The van der Waals surface area contributed by atoms with E-state index in [1.165, 1.54) is 0 Å². The molecule has 284 valence electrons. The fourth-order valence-electron chi connectivity index (χ4n) is 8.04. The van der Waals surface area contributed by atoms with Crippen molar-refractivity contribution in [2.45, 2.75) is 153 Å². The Labute approximate surface area is 292 Å². The second kappa shape index (κ2) is 20.2. The molecule has 0 bridgehead atoms. The van der Waals surface area contributed by atoms with Crippen LogP contribution in [0.5, 0.6) is 0 Å². The lowest BCUT2D eigenvalue weighted by Gasteiger charge is -2.38. The molecule has 3 saturated carbocycles. The Morgan fingerprint density at radius 1 is 0.816 bits per heavy atom. The quantitative estimate of drug-likeness (QED) is 0.155. The number of amides is 3. The first kappa shape index (κ1) is 41.5. The van der Waals surface area contributed by atoms with Gasteiger partial charge in [-0.25, -0.2) is 27.3 Å². The van der Waals surface area contributed by atoms with E-state index in [-0.39, 0.29) is 69.2 Å². The minimum atomic E-state index is -4.06. The molecule has 11 nitrogen and oxygen atoms in total. The van der Waals surface area contributed by atoms with E-state index in [1.54, 1.807) is 9.91 Å². The van der Waals surface area contributed by atoms with Gasteiger partial charge in [0.2, 0.25) is 27.7 Å². The highest BCUT2D eigenvalue weighted by molar-refractivity contribution is 7.89. The largest absolute Gasteiger partial charge is 0.390 e. The Kier molecular flexibility index (Phi) is 17.1. The molecule has 7 atom stereocenters. The molecule has 3 rings (SSSR count). The molecule has 0 heterocycles. The lowest BCUT2D eigenvalue weighted by Crippen LogP contribution is -2.55. The number of sulfonamides is 1. The summed E-state index contributed by atoms with van der Waals surface area (Å²) in [6.07, 6.45) is 4.17. The van der Waals surface area contributed by atoms with E-state index in [0.29, 0.717) is 19.6 Å². The molecule has 14 heteroatoms. The molecule has 0 aromatic rings. The molecule has 49 heavy (non-hydrogen) atoms. The number of hydrazine groups is 1. The average molecular weight is 720 g/mol. The predicted molar refractivity (Wildman–Crippen MR) is 186 cm³/mol. The number of nitrogens with one attached hydrogen (secondary N) is 2. The van der Waals surface area contributed by atoms with Crippen LogP contribution >= 0.6 is 0 Å². The van der Waals surface area contributed by atoms with Gasteiger partial charge in [0.25, 0.3) is 0 Å². The van der Waals surface area contributed by atoms with Crippen LogP contribution in [0.2, 0.25) is 0 Å². The van der Waals surface area contributed by atoms with E-state index in [2.05, 4.69) is 10.7 Å². The third kappa shape index (κ3) is 13.3. The van der Waals surface area contributed by atoms with Gasteiger partial charge < -0.3 is 15.3 Å². The molecule has 7 unspecified atom stereocenters. The van der Waals surface area contributed by atoms with E-state index in [1.807, 2.05) is 20.8 Å². The van der Waals surface area contributed by atoms with Crippen molar-refractivity contribution in [2.75, 3.05) is 26.2 Å². The van der Waals surface area contributed by atoms with Gasteiger partial charge in [-0.15, -0.1) is 0 Å². The molecule has 3 amide bonds. The van der Waals surface area contributed by atoms with Gasteiger partial charge in [-0.1, -0.05) is 46.5 Å². The van der Waals surface area contributed by atoms with Crippen molar-refractivity contribution in [2.24, 2.45) is 28.8 Å². The number of alkyl halides is 2. The SMILES string of the molecule is CCCCN(CC(O)C(CC1CC(F)CC(F)C1)NC(=O)C1CC(C(=O)N(CCC)CCC)CC(S(N)(=O)=O)C1)NC(=O)C1CCCCC1. The van der Waals surface area contributed by atoms with Crippen LogP contribution in [0.15, 0.2) is 0 Å². The summed E-state index contributed by atoms with van der Waals surface area (Å²) in [5.41, 5.74) is 2.99. The number of halogens is 2. The number of nitrogens with zero attached hydrogens (tertiary/aromatic N) is 2. The number of primary sulfonamides is 1. The predicted octanol–water partition coefficient (Wildman–Crippen LogP) is 4.13. The zero-order chi connectivity index (χ0) is 36.1. The van der Waals surface area contributed by atoms with Crippen LogP contribution in [0, 0.1) is 23.7 Å². The highest BCUT2D eigenvalue weighted by atomic mass is 32.2. The number of aliphatic hydroxyl groups excluding tert-OH is 1. The lowest BCUT2D eigenvalue weighted by atomic mass is 9.79. The minimum absolute atomic E-state index is 0.0111. The highest BCUT2D eigenvalue weighted by Crippen LogP contribution is 2.35. The summed E-state index contributed by atoms with van der Waals surface area (Å²) in [5, 5.41) is 20.7. The molecule has 0 spiro atoms. The molecule has 3 aliphatic rings. The summed E-state index contributed by atoms with van der Waals surface area (Å²) < 4.78 is 54.1. The van der Waals surface area contributed by atoms with E-state index >= 15 is 0 Å². The number of carbonyl (C=O) groups excluding carboxylic acids is 3. The van der Waals surface area contributed by atoms with Crippen LogP contribution in [0.4, 0.5) is 8.78 Å². The third-order valence-electron chi connectivity index (χ3n) is 10.6. The Hall–Kier alpha value is -1.90. The smallest absolute Gasteiger partial charge is 0.237 e. The number of hydrogen-bond acceptors (Lipinski definition) is 7. The van der Waals surface area contributed by atoms with Gasteiger partial charge in [-0.05, 0) is 76.5 Å². The molecule has 0 saturated heterocycles. The van der Waals surface area contributed by atoms with Gasteiger partial charge in [0.15, 0.2) is 0 Å². The molecule has 3 fully saturated rings. The van der Waals surface area contributed by atoms with Gasteiger partial charge in [0.05, 0.1) is 17.4 Å². The number of hydrogen-bond donors (Lipinski definition) is 4. The number of aliphatic hydroxyl groups is 1. The van der Waals surface area contributed by atoms with E-state index in [4.69, 9.17) is 5.14 Å². The van der Waals surface area contributed by atoms with Gasteiger partial charge in [-0.2, -0.15) is 0 Å². The van der Waals surface area contributed by atoms with Gasteiger partial charge >= 0.3 is 0 Å². The topological polar surface area (TPSA) is 162 Å². The van der Waals surface area contributed by atoms with Crippen LogP contribution in [0.1, 0.15) is 124 Å². The van der Waals surface area contributed by atoms with Gasteiger partial charge in [0, 0.05) is 50.4 Å². The molecular weight excluding hydrogens is 656 g/mol. The van der Waals surface area contributed by atoms with Crippen LogP contribution in [0.3, 0.4) is 0 Å². The van der Waals surface area contributed by atoms with Gasteiger partial charge in [0.1, 0.15) is 12.3 Å². The first-order valence-corrected chi connectivity index (χ1v) is 20.5. The molecule has 3 aliphatic carbocycles. The third-order valence-corrected chi connectivity index (χ3v) is 12.0. The van der Waals surface area contributed by atoms with E-state index in [0.717, 1.165) is 57.8 Å². The molecule has 0 aromatic heterocycles. The maximum absolute atomic E-state index is 14.5. The van der Waals surface area contributed by atoms with Crippen molar-refractivity contribution in [3.8, 4) is 0 Å². The lowest BCUT2D eigenvalue weighted by molar-refractivity contribution is -0.139. The summed E-state index contributed by atoms with van der Waals surface area (Å²) in [6, 6.07) is -0.925. The Morgan fingerprint density at radius 2 is 1.43 bits per heavy atom. The summed E-state index contributed by atoms with van der Waals surface area (Å²) in [6.45, 7) is 7.44. The summed E-state index contributed by atoms with van der Waals surface area (Å²) in [7, 11) is -4.06. The summed E-state index contributed by atoms with van der Waals surface area (Å²) in [4.78, 5) is 42.4. The number of unbranched alkanes of at least 4 members (excludes halogenated alkanes) is 1. The second-order valence-corrected chi connectivity index (χ2v) is 16.8. The zero-order valence-corrected chi connectivity index (χ0v) is 30.8. The number of rotatable bonds is 18. The van der Waals surface area contributed by atoms with Crippen molar-refractivity contribution < 1.29 is 36.7 Å². The highest BCUT2D eigenvalue weighted by Gasteiger charge is 2.43. The fourth-order valence-corrected chi connectivity index (χ4v) is 9.04. The van der Waals surface area contributed by atoms with Crippen molar-refractivity contribution >= 4 is 27.7 Å². The van der Waals surface area contributed by atoms with Crippen LogP contribution in [0.25, 0.3) is 0 Å². The molecule has 0 aromatic carbocycles.